The van der Waals surface area contributed by atoms with Crippen LogP contribution < -0.4 is 4.90 Å². The average Bonchev–Trinajstić information content (AvgIpc) is 3.23. The second kappa shape index (κ2) is 8.94. The summed E-state index contributed by atoms with van der Waals surface area (Å²) in [6.07, 6.45) is 3.85. The van der Waals surface area contributed by atoms with Crippen LogP contribution in [0, 0.1) is 12.8 Å². The number of ether oxygens (including phenoxy) is 1. The molecule has 2 bridgehead atoms. The normalized spacial score (nSPS) is 22.1. The number of thiazole rings is 1. The summed E-state index contributed by atoms with van der Waals surface area (Å²) in [6, 6.07) is 6.77. The lowest BCUT2D eigenvalue weighted by Gasteiger charge is -2.41. The zero-order chi connectivity index (χ0) is 27.1. The van der Waals surface area contributed by atoms with Crippen molar-refractivity contribution in [3.8, 4) is 11.3 Å². The SMILES string of the molecule is Cc1c(N2C[C@H]3CC[C@]2(OC(=O)c2c(-c4c(Cl)cccc4Cl)noc2C2CC2)C3)c(C(=O)O)cc2scnc12. The Bertz CT molecular complexity index is 1660. The van der Waals surface area contributed by atoms with Crippen LogP contribution >= 0.6 is 34.5 Å². The summed E-state index contributed by atoms with van der Waals surface area (Å²) in [5, 5.41) is 15.1. The molecule has 7 rings (SSSR count). The van der Waals surface area contributed by atoms with Crippen molar-refractivity contribution in [3.05, 3.63) is 62.3 Å². The third-order valence-electron chi connectivity index (χ3n) is 8.17. The van der Waals surface area contributed by atoms with Crippen molar-refractivity contribution >= 4 is 62.4 Å². The molecule has 39 heavy (non-hydrogen) atoms. The number of carbonyl (C=O) groups excluding carboxylic acids is 1. The zero-order valence-corrected chi connectivity index (χ0v) is 23.2. The standard InChI is InChI=1S/C28H23Cl2N3O5S/c1-13-22-19(39-12-31-22)9-16(26(34)35)24(13)33-11-14-7-8-28(33,10-14)37-27(36)21-23(32-38-25(21)15-5-6-15)20-17(29)3-2-4-18(20)30/h2-4,9,12,14-15H,5-8,10-11H2,1H3,(H,34,35)/t14-,28-/m0/s1. The van der Waals surface area contributed by atoms with Gasteiger partial charge in [0.1, 0.15) is 11.3 Å². The fourth-order valence-electron chi connectivity index (χ4n) is 6.26. The molecule has 1 N–H and O–H groups in total. The van der Waals surface area contributed by atoms with Gasteiger partial charge < -0.3 is 19.3 Å². The van der Waals surface area contributed by atoms with Crippen LogP contribution in [-0.2, 0) is 4.74 Å². The summed E-state index contributed by atoms with van der Waals surface area (Å²) >= 11 is 14.4. The van der Waals surface area contributed by atoms with E-state index in [-0.39, 0.29) is 28.7 Å². The topological polar surface area (TPSA) is 106 Å². The number of carbonyl (C=O) groups is 2. The molecule has 0 spiro atoms. The summed E-state index contributed by atoms with van der Waals surface area (Å²) in [4.78, 5) is 33.0. The van der Waals surface area contributed by atoms with E-state index in [2.05, 4.69) is 10.1 Å². The fraction of sp³-hybridized carbons (Fsp3) is 0.357. The minimum Gasteiger partial charge on any atom is -0.478 e. The van der Waals surface area contributed by atoms with Crippen LogP contribution in [0.1, 0.15) is 70.1 Å². The second-order valence-corrected chi connectivity index (χ2v) is 12.3. The molecule has 2 saturated carbocycles. The summed E-state index contributed by atoms with van der Waals surface area (Å²) < 4.78 is 12.9. The third-order valence-corrected chi connectivity index (χ3v) is 9.58. The van der Waals surface area contributed by atoms with Crippen molar-refractivity contribution in [2.24, 2.45) is 5.92 Å². The highest BCUT2D eigenvalue weighted by Crippen LogP contribution is 2.53. The molecule has 1 aliphatic heterocycles. The van der Waals surface area contributed by atoms with Crippen LogP contribution in [0.3, 0.4) is 0 Å². The summed E-state index contributed by atoms with van der Waals surface area (Å²) in [6.45, 7) is 2.47. The van der Waals surface area contributed by atoms with E-state index in [0.717, 1.165) is 35.0 Å². The third kappa shape index (κ3) is 3.85. The highest BCUT2D eigenvalue weighted by atomic mass is 35.5. The molecule has 0 amide bonds. The Labute approximate surface area is 237 Å². The minimum atomic E-state index is -1.03. The smallest absolute Gasteiger partial charge is 0.346 e. The fourth-order valence-corrected chi connectivity index (χ4v) is 7.61. The number of hydrogen-bond acceptors (Lipinski definition) is 8. The number of halogens is 2. The van der Waals surface area contributed by atoms with Gasteiger partial charge in [0.05, 0.1) is 37.0 Å². The van der Waals surface area contributed by atoms with Crippen molar-refractivity contribution in [2.45, 2.75) is 50.7 Å². The van der Waals surface area contributed by atoms with Gasteiger partial charge in [-0.15, -0.1) is 11.3 Å². The Morgan fingerprint density at radius 2 is 2.00 bits per heavy atom. The van der Waals surface area contributed by atoms with Gasteiger partial charge in [-0.1, -0.05) is 34.4 Å². The number of carboxylic acid groups (broad SMARTS) is 1. The Balaban J connectivity index is 1.33. The molecule has 2 atom stereocenters. The van der Waals surface area contributed by atoms with Crippen molar-refractivity contribution in [1.29, 1.82) is 0 Å². The molecule has 11 heteroatoms. The van der Waals surface area contributed by atoms with Gasteiger partial charge in [-0.25, -0.2) is 14.6 Å². The lowest BCUT2D eigenvalue weighted by molar-refractivity contribution is -0.0111. The van der Waals surface area contributed by atoms with Gasteiger partial charge >= 0.3 is 11.9 Å². The number of rotatable bonds is 6. The number of nitrogens with zero attached hydrogens (tertiary/aromatic N) is 3. The van der Waals surface area contributed by atoms with Gasteiger partial charge in [-0.05, 0) is 50.3 Å². The Hall–Kier alpha value is -3.14. The van der Waals surface area contributed by atoms with Crippen molar-refractivity contribution in [1.82, 2.24) is 10.1 Å². The van der Waals surface area contributed by atoms with E-state index in [1.165, 1.54) is 11.3 Å². The number of piperidine rings is 1. The van der Waals surface area contributed by atoms with Crippen LogP contribution in [0.5, 0.6) is 0 Å². The number of esters is 1. The minimum absolute atomic E-state index is 0.0801. The number of aromatic nitrogens is 2. The first kappa shape index (κ1) is 24.9. The molecule has 0 unspecified atom stereocenters. The molecular weight excluding hydrogens is 561 g/mol. The Morgan fingerprint density at radius 3 is 2.69 bits per heavy atom. The summed E-state index contributed by atoms with van der Waals surface area (Å²) in [5.41, 5.74) is 3.90. The van der Waals surface area contributed by atoms with E-state index in [0.29, 0.717) is 46.4 Å². The first-order chi connectivity index (χ1) is 18.8. The number of hydrogen-bond donors (Lipinski definition) is 1. The summed E-state index contributed by atoms with van der Waals surface area (Å²) in [5.74, 6) is -0.767. The number of carboxylic acids is 1. The van der Waals surface area contributed by atoms with E-state index in [1.807, 2.05) is 11.8 Å². The van der Waals surface area contributed by atoms with E-state index >= 15 is 0 Å². The predicted octanol–water partition coefficient (Wildman–Crippen LogP) is 7.32. The van der Waals surface area contributed by atoms with Crippen LogP contribution in [0.4, 0.5) is 5.69 Å². The van der Waals surface area contributed by atoms with Crippen molar-refractivity contribution in [2.75, 3.05) is 11.4 Å². The molecule has 200 valence electrons. The lowest BCUT2D eigenvalue weighted by Crippen LogP contribution is -2.49. The highest BCUT2D eigenvalue weighted by molar-refractivity contribution is 7.16. The molecule has 8 nitrogen and oxygen atoms in total. The second-order valence-electron chi connectivity index (χ2n) is 10.6. The zero-order valence-electron chi connectivity index (χ0n) is 20.9. The van der Waals surface area contributed by atoms with Crippen LogP contribution in [0.15, 0.2) is 34.3 Å². The molecule has 1 saturated heterocycles. The maximum Gasteiger partial charge on any atom is 0.346 e. The average molecular weight is 584 g/mol. The molecular formula is C28H23Cl2N3O5S. The predicted molar refractivity (Wildman–Crippen MR) is 148 cm³/mol. The Morgan fingerprint density at radius 1 is 1.23 bits per heavy atom. The largest absolute Gasteiger partial charge is 0.478 e. The van der Waals surface area contributed by atoms with Crippen molar-refractivity contribution < 1.29 is 24.0 Å². The molecule has 2 aromatic heterocycles. The maximum atomic E-state index is 14.1. The van der Waals surface area contributed by atoms with Gasteiger partial charge in [0, 0.05) is 36.4 Å². The van der Waals surface area contributed by atoms with Gasteiger partial charge in [0.2, 0.25) is 0 Å². The number of aromatic carboxylic acids is 1. The van der Waals surface area contributed by atoms with E-state index in [9.17, 15) is 14.7 Å². The molecule has 3 aliphatic rings. The first-order valence-electron chi connectivity index (χ1n) is 12.8. The molecule has 3 fully saturated rings. The molecule has 2 aromatic carbocycles. The molecule has 2 aliphatic carbocycles. The van der Waals surface area contributed by atoms with E-state index in [4.69, 9.17) is 32.5 Å². The molecule has 0 radical (unpaired) electrons. The van der Waals surface area contributed by atoms with E-state index < -0.39 is 17.7 Å². The lowest BCUT2D eigenvalue weighted by atomic mass is 10.0. The van der Waals surface area contributed by atoms with Gasteiger partial charge in [0.15, 0.2) is 11.5 Å². The van der Waals surface area contributed by atoms with Crippen LogP contribution in [0.25, 0.3) is 21.5 Å². The maximum absolute atomic E-state index is 14.1. The quantitative estimate of drug-likeness (QED) is 0.235. The summed E-state index contributed by atoms with van der Waals surface area (Å²) in [7, 11) is 0. The van der Waals surface area contributed by atoms with Crippen LogP contribution in [-0.4, -0.2) is 39.5 Å². The van der Waals surface area contributed by atoms with Crippen LogP contribution in [0.2, 0.25) is 10.0 Å². The molecule has 4 aromatic rings. The Kier molecular flexibility index (Phi) is 5.70. The first-order valence-corrected chi connectivity index (χ1v) is 14.5. The van der Waals surface area contributed by atoms with Gasteiger partial charge in [0.25, 0.3) is 0 Å². The van der Waals surface area contributed by atoms with Crippen molar-refractivity contribution in [3.63, 3.8) is 0 Å². The van der Waals surface area contributed by atoms with E-state index in [1.54, 1.807) is 29.8 Å². The van der Waals surface area contributed by atoms with Gasteiger partial charge in [-0.2, -0.15) is 0 Å². The number of aryl methyl sites for hydroxylation is 1. The highest BCUT2D eigenvalue weighted by Gasteiger charge is 2.55. The number of fused-ring (bicyclic) bond motifs is 3. The number of benzene rings is 2. The monoisotopic (exact) mass is 583 g/mol. The number of anilines is 1. The van der Waals surface area contributed by atoms with Gasteiger partial charge in [-0.3, -0.25) is 0 Å². The molecule has 3 heterocycles.